The van der Waals surface area contributed by atoms with Crippen LogP contribution in [0.15, 0.2) is 17.6 Å². The molecule has 2 rings (SSSR count). The summed E-state index contributed by atoms with van der Waals surface area (Å²) in [4.78, 5) is 13.1. The average molecular weight is 330 g/mol. The number of aromatic nitrogens is 2. The lowest BCUT2D eigenvalue weighted by molar-refractivity contribution is 0.132. The second-order valence-corrected chi connectivity index (χ2v) is 8.36. The Hall–Kier alpha value is -0.700. The molecule has 8 heteroatoms. The van der Waals surface area contributed by atoms with Crippen LogP contribution < -0.4 is 0 Å². The van der Waals surface area contributed by atoms with Crippen LogP contribution >= 0.6 is 11.8 Å². The maximum Gasteiger partial charge on any atom is 0.187 e. The normalized spacial score (nSPS) is 18.0. The maximum atomic E-state index is 11.2. The summed E-state index contributed by atoms with van der Waals surface area (Å²) in [7, 11) is -2.87. The standard InChI is InChI=1S/C13H22N4O2S2/c1-20-13-14-9-12(10-15-13)11-17-5-3-16(4-6-17)7-8-21(2,18)19/h9-10H,3-8,11H2,1-2H3. The van der Waals surface area contributed by atoms with Crippen molar-refractivity contribution in [2.45, 2.75) is 11.7 Å². The Morgan fingerprint density at radius 2 is 1.71 bits per heavy atom. The molecule has 0 amide bonds. The number of thioether (sulfide) groups is 1. The number of hydrogen-bond donors (Lipinski definition) is 0. The summed E-state index contributed by atoms with van der Waals surface area (Å²) >= 11 is 1.54. The largest absolute Gasteiger partial charge is 0.300 e. The molecule has 0 unspecified atom stereocenters. The molecular weight excluding hydrogens is 308 g/mol. The van der Waals surface area contributed by atoms with E-state index in [0.717, 1.165) is 43.4 Å². The molecule has 2 heterocycles. The molecule has 1 saturated heterocycles. The van der Waals surface area contributed by atoms with E-state index in [-0.39, 0.29) is 5.75 Å². The molecule has 1 aromatic rings. The van der Waals surface area contributed by atoms with Crippen molar-refractivity contribution in [3.63, 3.8) is 0 Å². The van der Waals surface area contributed by atoms with Gasteiger partial charge in [0.2, 0.25) is 0 Å². The molecule has 0 aromatic carbocycles. The SMILES string of the molecule is CSc1ncc(CN2CCN(CCS(C)(=O)=O)CC2)cn1. The summed E-state index contributed by atoms with van der Waals surface area (Å²) in [6, 6.07) is 0. The third-order valence-electron chi connectivity index (χ3n) is 3.51. The van der Waals surface area contributed by atoms with Crippen molar-refractivity contribution in [1.29, 1.82) is 0 Å². The number of rotatable bonds is 6. The minimum absolute atomic E-state index is 0.247. The highest BCUT2D eigenvalue weighted by atomic mass is 32.2. The van der Waals surface area contributed by atoms with Gasteiger partial charge in [-0.1, -0.05) is 11.8 Å². The highest BCUT2D eigenvalue weighted by molar-refractivity contribution is 7.98. The summed E-state index contributed by atoms with van der Waals surface area (Å²) in [5.41, 5.74) is 1.12. The van der Waals surface area contributed by atoms with Crippen LogP contribution in [0.1, 0.15) is 5.56 Å². The smallest absolute Gasteiger partial charge is 0.187 e. The van der Waals surface area contributed by atoms with E-state index in [2.05, 4.69) is 19.8 Å². The van der Waals surface area contributed by atoms with Crippen molar-refractivity contribution in [1.82, 2.24) is 19.8 Å². The first-order chi connectivity index (χ1) is 9.96. The van der Waals surface area contributed by atoms with E-state index in [9.17, 15) is 8.42 Å². The molecule has 21 heavy (non-hydrogen) atoms. The molecule has 0 atom stereocenters. The molecule has 0 aliphatic carbocycles. The van der Waals surface area contributed by atoms with Crippen molar-refractivity contribution < 1.29 is 8.42 Å². The first-order valence-electron chi connectivity index (χ1n) is 6.93. The summed E-state index contributed by atoms with van der Waals surface area (Å²) in [5.74, 6) is 0.247. The van der Waals surface area contributed by atoms with Crippen LogP contribution in [0.4, 0.5) is 0 Å². The van der Waals surface area contributed by atoms with E-state index in [1.807, 2.05) is 18.6 Å². The fourth-order valence-corrected chi connectivity index (χ4v) is 3.16. The summed E-state index contributed by atoms with van der Waals surface area (Å²) < 4.78 is 22.4. The van der Waals surface area contributed by atoms with Gasteiger partial charge in [-0.3, -0.25) is 9.80 Å². The lowest BCUT2D eigenvalue weighted by atomic mass is 10.2. The minimum Gasteiger partial charge on any atom is -0.300 e. The zero-order valence-electron chi connectivity index (χ0n) is 12.5. The Balaban J connectivity index is 1.75. The van der Waals surface area contributed by atoms with Gasteiger partial charge in [0.05, 0.1) is 5.75 Å². The lowest BCUT2D eigenvalue weighted by Crippen LogP contribution is -2.47. The van der Waals surface area contributed by atoms with Crippen LogP contribution in [-0.2, 0) is 16.4 Å². The molecule has 1 fully saturated rings. The predicted molar refractivity (Wildman–Crippen MR) is 85.2 cm³/mol. The van der Waals surface area contributed by atoms with Crippen LogP contribution in [0.25, 0.3) is 0 Å². The Bertz CT molecular complexity index is 540. The van der Waals surface area contributed by atoms with Gasteiger partial charge >= 0.3 is 0 Å². The number of sulfone groups is 1. The second kappa shape index (κ2) is 7.53. The number of hydrogen-bond acceptors (Lipinski definition) is 7. The molecule has 1 aliphatic heterocycles. The van der Waals surface area contributed by atoms with Gasteiger partial charge in [0.1, 0.15) is 9.84 Å². The predicted octanol–water partition coefficient (Wildman–Crippen LogP) is 0.361. The van der Waals surface area contributed by atoms with Crippen molar-refractivity contribution >= 4 is 21.6 Å². The first kappa shape index (κ1) is 16.7. The van der Waals surface area contributed by atoms with Crippen LogP contribution in [0.3, 0.4) is 0 Å². The quantitative estimate of drug-likeness (QED) is 0.551. The molecule has 0 bridgehead atoms. The third-order valence-corrected chi connectivity index (χ3v) is 5.01. The summed E-state index contributed by atoms with van der Waals surface area (Å²) in [6.45, 7) is 5.23. The van der Waals surface area contributed by atoms with Crippen molar-refractivity contribution in [3.8, 4) is 0 Å². The Labute approximate surface area is 130 Å². The fourth-order valence-electron chi connectivity index (χ4n) is 2.25. The van der Waals surface area contributed by atoms with E-state index in [4.69, 9.17) is 0 Å². The Morgan fingerprint density at radius 3 is 2.24 bits per heavy atom. The summed E-state index contributed by atoms with van der Waals surface area (Å²) in [5, 5.41) is 0.796. The van der Waals surface area contributed by atoms with E-state index in [0.29, 0.717) is 6.54 Å². The minimum atomic E-state index is -2.87. The number of piperazine rings is 1. The molecule has 0 radical (unpaired) electrons. The van der Waals surface area contributed by atoms with E-state index in [1.165, 1.54) is 18.0 Å². The zero-order valence-corrected chi connectivity index (χ0v) is 14.2. The lowest BCUT2D eigenvalue weighted by Gasteiger charge is -2.34. The highest BCUT2D eigenvalue weighted by Crippen LogP contribution is 2.10. The number of nitrogens with zero attached hydrogens (tertiary/aromatic N) is 4. The van der Waals surface area contributed by atoms with Gasteiger partial charge in [-0.05, 0) is 6.26 Å². The summed E-state index contributed by atoms with van der Waals surface area (Å²) in [6.07, 6.45) is 7.02. The topological polar surface area (TPSA) is 66.4 Å². The van der Waals surface area contributed by atoms with Crippen LogP contribution in [0, 0.1) is 0 Å². The van der Waals surface area contributed by atoms with Gasteiger partial charge in [-0.2, -0.15) is 0 Å². The van der Waals surface area contributed by atoms with Gasteiger partial charge in [0, 0.05) is 63.5 Å². The Morgan fingerprint density at radius 1 is 1.14 bits per heavy atom. The molecule has 0 saturated carbocycles. The van der Waals surface area contributed by atoms with Crippen molar-refractivity contribution in [2.75, 3.05) is 51.0 Å². The van der Waals surface area contributed by atoms with Gasteiger partial charge in [-0.25, -0.2) is 18.4 Å². The van der Waals surface area contributed by atoms with E-state index >= 15 is 0 Å². The molecule has 1 aliphatic rings. The second-order valence-electron chi connectivity index (χ2n) is 5.33. The Kier molecular flexibility index (Phi) is 5.98. The maximum absolute atomic E-state index is 11.2. The average Bonchev–Trinajstić information content (AvgIpc) is 2.46. The van der Waals surface area contributed by atoms with Gasteiger partial charge in [-0.15, -0.1) is 0 Å². The highest BCUT2D eigenvalue weighted by Gasteiger charge is 2.18. The van der Waals surface area contributed by atoms with Gasteiger partial charge < -0.3 is 0 Å². The van der Waals surface area contributed by atoms with Crippen molar-refractivity contribution in [3.05, 3.63) is 18.0 Å². The van der Waals surface area contributed by atoms with Gasteiger partial charge in [0.15, 0.2) is 5.16 Å². The van der Waals surface area contributed by atoms with Gasteiger partial charge in [0.25, 0.3) is 0 Å². The monoisotopic (exact) mass is 330 g/mol. The molecule has 0 N–H and O–H groups in total. The zero-order chi connectivity index (χ0) is 15.3. The molecule has 1 aromatic heterocycles. The molecule has 118 valence electrons. The van der Waals surface area contributed by atoms with E-state index < -0.39 is 9.84 Å². The third kappa shape index (κ3) is 5.90. The fraction of sp³-hybridized carbons (Fsp3) is 0.692. The first-order valence-corrected chi connectivity index (χ1v) is 10.2. The molecule has 0 spiro atoms. The van der Waals surface area contributed by atoms with Crippen LogP contribution in [0.5, 0.6) is 0 Å². The molecule has 6 nitrogen and oxygen atoms in total. The van der Waals surface area contributed by atoms with Crippen LogP contribution in [0.2, 0.25) is 0 Å². The van der Waals surface area contributed by atoms with Crippen LogP contribution in [-0.4, -0.2) is 79.2 Å². The molecular formula is C13H22N4O2S2. The van der Waals surface area contributed by atoms with E-state index in [1.54, 1.807) is 0 Å². The van der Waals surface area contributed by atoms with Crippen molar-refractivity contribution in [2.24, 2.45) is 0 Å².